The number of carbonyl (C=O) groups excluding carboxylic acids is 1. The Labute approximate surface area is 168 Å². The molecule has 29 heavy (non-hydrogen) atoms. The highest BCUT2D eigenvalue weighted by Crippen LogP contribution is 2.42. The summed E-state index contributed by atoms with van der Waals surface area (Å²) in [6.45, 7) is 3.42. The van der Waals surface area contributed by atoms with Crippen LogP contribution >= 0.6 is 0 Å². The maximum absolute atomic E-state index is 12.8. The fourth-order valence-corrected chi connectivity index (χ4v) is 3.80. The Hall–Kier alpha value is -2.45. The van der Waals surface area contributed by atoms with E-state index >= 15 is 0 Å². The predicted molar refractivity (Wildman–Crippen MR) is 103 cm³/mol. The van der Waals surface area contributed by atoms with Crippen LogP contribution in [0, 0.1) is 13.8 Å². The van der Waals surface area contributed by atoms with Crippen molar-refractivity contribution in [1.29, 1.82) is 0 Å². The van der Waals surface area contributed by atoms with E-state index in [1.807, 2.05) is 30.3 Å². The lowest BCUT2D eigenvalue weighted by Gasteiger charge is -2.36. The largest absolute Gasteiger partial charge is 0.484 e. The van der Waals surface area contributed by atoms with Crippen molar-refractivity contribution in [3.8, 4) is 11.5 Å². The van der Waals surface area contributed by atoms with E-state index in [9.17, 15) is 20.1 Å². The summed E-state index contributed by atoms with van der Waals surface area (Å²) in [5.74, 6) is 0.852. The van der Waals surface area contributed by atoms with Crippen molar-refractivity contribution in [2.45, 2.75) is 51.0 Å². The molecule has 0 bridgehead atoms. The Morgan fingerprint density at radius 2 is 1.79 bits per heavy atom. The minimum atomic E-state index is -1.41. The molecule has 2 aromatic rings. The maximum atomic E-state index is 12.8. The average molecular weight is 400 g/mol. The number of fused-ring (bicyclic) bond motifs is 1. The molecule has 5 atom stereocenters. The Morgan fingerprint density at radius 3 is 2.52 bits per heavy atom. The van der Waals surface area contributed by atoms with E-state index in [0.29, 0.717) is 28.2 Å². The lowest BCUT2D eigenvalue weighted by molar-refractivity contribution is -0.242. The molecule has 0 spiro atoms. The Kier molecular flexibility index (Phi) is 5.31. The second kappa shape index (κ2) is 7.76. The van der Waals surface area contributed by atoms with Gasteiger partial charge in [0.05, 0.1) is 18.6 Å². The van der Waals surface area contributed by atoms with Gasteiger partial charge in [-0.25, -0.2) is 0 Å². The zero-order valence-electron chi connectivity index (χ0n) is 16.2. The third-order valence-corrected chi connectivity index (χ3v) is 5.44. The van der Waals surface area contributed by atoms with E-state index in [1.54, 1.807) is 19.9 Å². The fraction of sp³-hybridized carbons (Fsp3) is 0.409. The monoisotopic (exact) mass is 400 g/mol. The van der Waals surface area contributed by atoms with Gasteiger partial charge in [-0.05, 0) is 31.0 Å². The van der Waals surface area contributed by atoms with Crippen LogP contribution < -0.4 is 9.47 Å². The number of aliphatic hydroxyl groups excluding tert-OH is 3. The number of aryl methyl sites for hydroxylation is 1. The summed E-state index contributed by atoms with van der Waals surface area (Å²) in [6, 6.07) is 11.3. The van der Waals surface area contributed by atoms with Gasteiger partial charge in [-0.1, -0.05) is 30.3 Å². The second-order valence-electron chi connectivity index (χ2n) is 7.54. The molecule has 154 valence electrons. The topological polar surface area (TPSA) is 105 Å². The van der Waals surface area contributed by atoms with Gasteiger partial charge in [0.2, 0.25) is 6.29 Å². The first-order chi connectivity index (χ1) is 13.9. The molecule has 0 radical (unpaired) electrons. The molecule has 2 aromatic carbocycles. The van der Waals surface area contributed by atoms with Crippen LogP contribution in [0.5, 0.6) is 11.5 Å². The number of hydrogen-bond donors (Lipinski definition) is 3. The Balaban J connectivity index is 1.65. The number of benzene rings is 2. The molecule has 7 heteroatoms. The first-order valence-electron chi connectivity index (χ1n) is 9.58. The molecular formula is C22H24O7. The van der Waals surface area contributed by atoms with Crippen LogP contribution in [-0.4, -0.2) is 52.3 Å². The van der Waals surface area contributed by atoms with Crippen LogP contribution in [0.2, 0.25) is 0 Å². The molecule has 2 aliphatic heterocycles. The smallest absolute Gasteiger partial charge is 0.228 e. The number of ketones is 1. The van der Waals surface area contributed by atoms with E-state index in [0.717, 1.165) is 5.56 Å². The normalized spacial score (nSPS) is 29.1. The standard InChI is InChI=1S/C22H24O7/c1-11-8-14-15(23)9-17(13-6-4-3-5-7-13)28-21(14)12(2)20(11)29-22-19(26)18(25)16(24)10-27-22/h3-8,16-19,22,24-26H,9-10H2,1-2H3. The molecule has 0 aliphatic carbocycles. The predicted octanol–water partition coefficient (Wildman–Crippen LogP) is 1.83. The van der Waals surface area contributed by atoms with E-state index in [4.69, 9.17) is 14.2 Å². The highest BCUT2D eigenvalue weighted by atomic mass is 16.7. The summed E-state index contributed by atoms with van der Waals surface area (Å²) >= 11 is 0. The Morgan fingerprint density at radius 1 is 1.07 bits per heavy atom. The lowest BCUT2D eigenvalue weighted by Crippen LogP contribution is -2.54. The molecule has 2 aliphatic rings. The molecule has 5 unspecified atom stereocenters. The molecule has 1 fully saturated rings. The first-order valence-corrected chi connectivity index (χ1v) is 9.58. The number of rotatable bonds is 3. The molecule has 4 rings (SSSR count). The van der Waals surface area contributed by atoms with Crippen molar-refractivity contribution in [1.82, 2.24) is 0 Å². The van der Waals surface area contributed by atoms with Crippen LogP contribution in [-0.2, 0) is 4.74 Å². The fourth-order valence-electron chi connectivity index (χ4n) is 3.80. The molecule has 2 heterocycles. The molecule has 0 aromatic heterocycles. The molecule has 7 nitrogen and oxygen atoms in total. The van der Waals surface area contributed by atoms with E-state index in [2.05, 4.69) is 0 Å². The van der Waals surface area contributed by atoms with Crippen molar-refractivity contribution < 1.29 is 34.3 Å². The summed E-state index contributed by atoms with van der Waals surface area (Å²) in [4.78, 5) is 12.8. The average Bonchev–Trinajstić information content (AvgIpc) is 2.72. The van der Waals surface area contributed by atoms with Crippen LogP contribution in [0.15, 0.2) is 36.4 Å². The van der Waals surface area contributed by atoms with Crippen molar-refractivity contribution in [2.75, 3.05) is 6.61 Å². The number of carbonyl (C=O) groups is 1. The minimum absolute atomic E-state index is 0.00894. The van der Waals surface area contributed by atoms with Gasteiger partial charge in [0, 0.05) is 5.56 Å². The van der Waals surface area contributed by atoms with Crippen molar-refractivity contribution >= 4 is 5.78 Å². The summed E-state index contributed by atoms with van der Waals surface area (Å²) in [7, 11) is 0. The highest BCUT2D eigenvalue weighted by molar-refractivity contribution is 6.01. The number of ether oxygens (including phenoxy) is 3. The zero-order valence-corrected chi connectivity index (χ0v) is 16.2. The van der Waals surface area contributed by atoms with Gasteiger partial charge in [-0.2, -0.15) is 0 Å². The molecule has 0 saturated carbocycles. The van der Waals surface area contributed by atoms with E-state index in [1.165, 1.54) is 0 Å². The van der Waals surface area contributed by atoms with Gasteiger partial charge in [-0.3, -0.25) is 4.79 Å². The molecule has 3 N–H and O–H groups in total. The molecule has 1 saturated heterocycles. The minimum Gasteiger partial charge on any atom is -0.484 e. The quantitative estimate of drug-likeness (QED) is 0.722. The van der Waals surface area contributed by atoms with Crippen LogP contribution in [0.1, 0.15) is 39.6 Å². The van der Waals surface area contributed by atoms with E-state index < -0.39 is 24.6 Å². The van der Waals surface area contributed by atoms with Gasteiger partial charge in [-0.15, -0.1) is 0 Å². The number of hydrogen-bond acceptors (Lipinski definition) is 7. The van der Waals surface area contributed by atoms with Crippen molar-refractivity contribution in [3.05, 3.63) is 58.7 Å². The van der Waals surface area contributed by atoms with Crippen LogP contribution in [0.3, 0.4) is 0 Å². The summed E-state index contributed by atoms with van der Waals surface area (Å²) < 4.78 is 17.4. The van der Waals surface area contributed by atoms with Gasteiger partial charge in [0.25, 0.3) is 0 Å². The maximum Gasteiger partial charge on any atom is 0.228 e. The zero-order chi connectivity index (χ0) is 20.7. The third-order valence-electron chi connectivity index (χ3n) is 5.44. The third kappa shape index (κ3) is 3.62. The van der Waals surface area contributed by atoms with E-state index in [-0.39, 0.29) is 24.9 Å². The number of aliphatic hydroxyl groups is 3. The first kappa shape index (κ1) is 19.8. The van der Waals surface area contributed by atoms with Crippen LogP contribution in [0.4, 0.5) is 0 Å². The van der Waals surface area contributed by atoms with Crippen molar-refractivity contribution in [2.24, 2.45) is 0 Å². The number of Topliss-reactive ketones (excluding diaryl/α,β-unsaturated/α-hetero) is 1. The summed E-state index contributed by atoms with van der Waals surface area (Å²) in [5.41, 5.74) is 2.72. The highest BCUT2D eigenvalue weighted by Gasteiger charge is 2.40. The second-order valence-corrected chi connectivity index (χ2v) is 7.54. The van der Waals surface area contributed by atoms with Crippen LogP contribution in [0.25, 0.3) is 0 Å². The van der Waals surface area contributed by atoms with Gasteiger partial charge in [0.15, 0.2) is 5.78 Å². The lowest BCUT2D eigenvalue weighted by atomic mass is 9.93. The van der Waals surface area contributed by atoms with Gasteiger partial charge in [0.1, 0.15) is 35.9 Å². The van der Waals surface area contributed by atoms with Gasteiger partial charge < -0.3 is 29.5 Å². The van der Waals surface area contributed by atoms with Crippen molar-refractivity contribution in [3.63, 3.8) is 0 Å². The molecule has 0 amide bonds. The van der Waals surface area contributed by atoms with Gasteiger partial charge >= 0.3 is 0 Å². The molecular weight excluding hydrogens is 376 g/mol. The summed E-state index contributed by atoms with van der Waals surface area (Å²) in [5, 5.41) is 29.7. The SMILES string of the molecule is Cc1cc2c(c(C)c1OC1OCC(O)C(O)C1O)OC(c1ccccc1)CC2=O. The Bertz CT molecular complexity index is 911. The summed E-state index contributed by atoms with van der Waals surface area (Å²) in [6.07, 6.45) is -5.24.